The Labute approximate surface area is 162 Å². The minimum atomic E-state index is -1.53. The molecule has 1 N–H and O–H groups in total. The summed E-state index contributed by atoms with van der Waals surface area (Å²) in [5, 5.41) is 14.2. The molecule has 0 spiro atoms. The molecule has 28 heavy (non-hydrogen) atoms. The van der Waals surface area contributed by atoms with Crippen molar-refractivity contribution in [3.8, 4) is 5.88 Å². The Balaban J connectivity index is 1.78. The van der Waals surface area contributed by atoms with E-state index in [1.165, 1.54) is 6.08 Å². The number of aliphatic hydroxyl groups is 1. The Morgan fingerprint density at radius 3 is 2.71 bits per heavy atom. The summed E-state index contributed by atoms with van der Waals surface area (Å²) in [6, 6.07) is 9.11. The average molecular weight is 382 g/mol. The topological polar surface area (TPSA) is 92.9 Å². The summed E-state index contributed by atoms with van der Waals surface area (Å²) in [4.78, 5) is 28.2. The lowest BCUT2D eigenvalue weighted by Gasteiger charge is -2.46. The Bertz CT molecular complexity index is 934. The summed E-state index contributed by atoms with van der Waals surface area (Å²) < 4.78 is 11.3. The molecule has 2 aliphatic carbocycles. The van der Waals surface area contributed by atoms with Gasteiger partial charge < -0.3 is 14.4 Å². The highest BCUT2D eigenvalue weighted by Crippen LogP contribution is 2.53. The number of fused-ring (bicyclic) bond motifs is 2. The maximum atomic E-state index is 13.5. The molecule has 0 amide bonds. The summed E-state index contributed by atoms with van der Waals surface area (Å²) >= 11 is 0. The normalized spacial score (nSPS) is 26.3. The van der Waals surface area contributed by atoms with Gasteiger partial charge in [-0.25, -0.2) is 0 Å². The number of hydrogen-bond acceptors (Lipinski definition) is 7. The van der Waals surface area contributed by atoms with E-state index >= 15 is 0 Å². The second-order valence-electron chi connectivity index (χ2n) is 7.48. The van der Waals surface area contributed by atoms with Gasteiger partial charge in [-0.15, -0.1) is 0 Å². The van der Waals surface area contributed by atoms with Crippen LogP contribution in [0.5, 0.6) is 5.88 Å². The first-order valence-corrected chi connectivity index (χ1v) is 9.20. The standard InChI is InChI=1S/C21H22N2O5/c1-23(2)17-14-9-6-10-15(25)21(14,12-24)19(26)16-18(17)28-22-20(16)27-11-13-7-4-3-5-8-13/h3-8,10,14,17,24H,9,11-12H2,1-2H3. The van der Waals surface area contributed by atoms with Crippen LogP contribution in [0.2, 0.25) is 0 Å². The number of ether oxygens (including phenoxy) is 1. The Hall–Kier alpha value is -2.77. The van der Waals surface area contributed by atoms with Gasteiger partial charge in [0.15, 0.2) is 17.3 Å². The third-order valence-electron chi connectivity index (χ3n) is 5.73. The first kappa shape index (κ1) is 18.6. The van der Waals surface area contributed by atoms with Crippen molar-refractivity contribution in [3.05, 3.63) is 59.4 Å². The lowest BCUT2D eigenvalue weighted by atomic mass is 9.58. The van der Waals surface area contributed by atoms with Gasteiger partial charge in [-0.1, -0.05) is 36.4 Å². The van der Waals surface area contributed by atoms with Gasteiger partial charge in [0, 0.05) is 5.92 Å². The second kappa shape index (κ2) is 7.00. The van der Waals surface area contributed by atoms with E-state index in [0.29, 0.717) is 12.2 Å². The summed E-state index contributed by atoms with van der Waals surface area (Å²) in [6.45, 7) is -0.351. The number of Topliss-reactive ketones (excluding diaryl/α,β-unsaturated/α-hetero) is 1. The number of rotatable bonds is 5. The molecule has 0 saturated heterocycles. The SMILES string of the molecule is CN(C)C1c2onc(OCc3ccccc3)c2C(=O)C2(CO)C(=O)C=CCC12. The molecule has 7 heteroatoms. The van der Waals surface area contributed by atoms with Crippen LogP contribution < -0.4 is 4.74 Å². The first-order valence-electron chi connectivity index (χ1n) is 9.20. The molecule has 0 radical (unpaired) electrons. The molecule has 1 heterocycles. The van der Waals surface area contributed by atoms with Crippen molar-refractivity contribution < 1.29 is 24.0 Å². The predicted octanol–water partition coefficient (Wildman–Crippen LogP) is 2.18. The number of carbonyl (C=O) groups is 2. The van der Waals surface area contributed by atoms with Gasteiger partial charge in [-0.05, 0) is 37.3 Å². The van der Waals surface area contributed by atoms with E-state index < -0.39 is 23.7 Å². The van der Waals surface area contributed by atoms with Crippen molar-refractivity contribution in [3.63, 3.8) is 0 Å². The van der Waals surface area contributed by atoms with E-state index in [0.717, 1.165) is 5.56 Å². The van der Waals surface area contributed by atoms with Crippen LogP contribution in [0.15, 0.2) is 47.0 Å². The quantitative estimate of drug-likeness (QED) is 0.792. The van der Waals surface area contributed by atoms with E-state index in [1.54, 1.807) is 6.08 Å². The third-order valence-corrected chi connectivity index (χ3v) is 5.73. The number of ketones is 2. The van der Waals surface area contributed by atoms with Crippen LogP contribution in [0.4, 0.5) is 0 Å². The van der Waals surface area contributed by atoms with E-state index in [9.17, 15) is 14.7 Å². The van der Waals surface area contributed by atoms with Crippen molar-refractivity contribution in [1.29, 1.82) is 0 Å². The van der Waals surface area contributed by atoms with Gasteiger partial charge in [-0.2, -0.15) is 0 Å². The molecule has 1 aromatic carbocycles. The highest BCUT2D eigenvalue weighted by Gasteiger charge is 2.61. The average Bonchev–Trinajstić information content (AvgIpc) is 3.11. The number of hydrogen-bond donors (Lipinski definition) is 1. The largest absolute Gasteiger partial charge is 0.470 e. The fourth-order valence-corrected chi connectivity index (χ4v) is 4.32. The summed E-state index contributed by atoms with van der Waals surface area (Å²) in [6.07, 6.45) is 3.63. The minimum Gasteiger partial charge on any atom is -0.470 e. The van der Waals surface area contributed by atoms with E-state index in [4.69, 9.17) is 9.26 Å². The molecular weight excluding hydrogens is 360 g/mol. The molecule has 4 rings (SSSR count). The van der Waals surface area contributed by atoms with E-state index in [-0.39, 0.29) is 29.9 Å². The van der Waals surface area contributed by atoms with Crippen LogP contribution >= 0.6 is 0 Å². The molecule has 1 aromatic heterocycles. The summed E-state index contributed by atoms with van der Waals surface area (Å²) in [5.74, 6) is -0.852. The van der Waals surface area contributed by atoms with Crippen LogP contribution in [-0.2, 0) is 11.4 Å². The number of allylic oxidation sites excluding steroid dienone is 2. The Kier molecular flexibility index (Phi) is 4.64. The molecule has 3 atom stereocenters. The highest BCUT2D eigenvalue weighted by molar-refractivity contribution is 6.20. The minimum absolute atomic E-state index is 0.0596. The van der Waals surface area contributed by atoms with Crippen molar-refractivity contribution in [1.82, 2.24) is 10.1 Å². The van der Waals surface area contributed by atoms with Gasteiger partial charge in [0.2, 0.25) is 0 Å². The molecule has 0 saturated carbocycles. The first-order chi connectivity index (χ1) is 13.5. The van der Waals surface area contributed by atoms with Gasteiger partial charge in [0.1, 0.15) is 17.6 Å². The lowest BCUT2D eigenvalue weighted by molar-refractivity contribution is -0.129. The maximum absolute atomic E-state index is 13.5. The number of nitrogens with zero attached hydrogens (tertiary/aromatic N) is 2. The number of aromatic nitrogens is 1. The second-order valence-corrected chi connectivity index (χ2v) is 7.48. The summed E-state index contributed by atoms with van der Waals surface area (Å²) in [5.41, 5.74) is -0.464. The zero-order chi connectivity index (χ0) is 19.9. The van der Waals surface area contributed by atoms with Crippen molar-refractivity contribution >= 4 is 11.6 Å². The summed E-state index contributed by atoms with van der Waals surface area (Å²) in [7, 11) is 3.70. The Morgan fingerprint density at radius 1 is 1.29 bits per heavy atom. The molecule has 0 bridgehead atoms. The fraction of sp³-hybridized carbons (Fsp3) is 0.381. The van der Waals surface area contributed by atoms with Gasteiger partial charge in [0.05, 0.1) is 12.6 Å². The molecule has 0 fully saturated rings. The molecule has 3 unspecified atom stereocenters. The van der Waals surface area contributed by atoms with E-state index in [2.05, 4.69) is 5.16 Å². The number of carbonyl (C=O) groups excluding carboxylic acids is 2. The van der Waals surface area contributed by atoms with Crippen LogP contribution in [0.1, 0.15) is 34.1 Å². The zero-order valence-corrected chi connectivity index (χ0v) is 15.8. The zero-order valence-electron chi connectivity index (χ0n) is 15.8. The number of aliphatic hydroxyl groups excluding tert-OH is 1. The Morgan fingerprint density at radius 2 is 2.04 bits per heavy atom. The van der Waals surface area contributed by atoms with Crippen molar-refractivity contribution in [2.45, 2.75) is 19.1 Å². The van der Waals surface area contributed by atoms with Gasteiger partial charge in [-0.3, -0.25) is 14.5 Å². The predicted molar refractivity (Wildman–Crippen MR) is 99.8 cm³/mol. The van der Waals surface area contributed by atoms with Crippen LogP contribution in [0, 0.1) is 11.3 Å². The molecular formula is C21H22N2O5. The third kappa shape index (κ3) is 2.62. The molecule has 7 nitrogen and oxygen atoms in total. The van der Waals surface area contributed by atoms with Crippen molar-refractivity contribution in [2.75, 3.05) is 20.7 Å². The van der Waals surface area contributed by atoms with Crippen LogP contribution in [0.25, 0.3) is 0 Å². The smallest absolute Gasteiger partial charge is 0.265 e. The maximum Gasteiger partial charge on any atom is 0.265 e. The van der Waals surface area contributed by atoms with Gasteiger partial charge in [0.25, 0.3) is 5.88 Å². The molecule has 146 valence electrons. The van der Waals surface area contributed by atoms with E-state index in [1.807, 2.05) is 49.3 Å². The van der Waals surface area contributed by atoms with Crippen molar-refractivity contribution in [2.24, 2.45) is 11.3 Å². The molecule has 2 aromatic rings. The fourth-order valence-electron chi connectivity index (χ4n) is 4.32. The lowest BCUT2D eigenvalue weighted by Crippen LogP contribution is -2.56. The monoisotopic (exact) mass is 382 g/mol. The molecule has 0 aliphatic heterocycles. The van der Waals surface area contributed by atoms with Crippen LogP contribution in [0.3, 0.4) is 0 Å². The number of benzene rings is 1. The van der Waals surface area contributed by atoms with Gasteiger partial charge >= 0.3 is 0 Å². The highest BCUT2D eigenvalue weighted by atomic mass is 16.5. The van der Waals surface area contributed by atoms with Crippen LogP contribution in [-0.4, -0.2) is 47.4 Å². The molecule has 2 aliphatic rings.